The Balaban J connectivity index is 1.68. The third-order valence-electron chi connectivity index (χ3n) is 4.58. The number of imide groups is 1. The lowest BCUT2D eigenvalue weighted by Gasteiger charge is -2.12. The zero-order valence-corrected chi connectivity index (χ0v) is 22.5. The summed E-state index contributed by atoms with van der Waals surface area (Å²) >= 11 is 0. The minimum Gasteiger partial charge on any atom is -0.377 e. The van der Waals surface area contributed by atoms with Crippen molar-refractivity contribution in [3.63, 3.8) is 0 Å². The van der Waals surface area contributed by atoms with Gasteiger partial charge in [0.1, 0.15) is 13.2 Å². The molecule has 0 aliphatic carbocycles. The Labute approximate surface area is 229 Å². The predicted molar refractivity (Wildman–Crippen MR) is 133 cm³/mol. The minimum atomic E-state index is -0.819. The largest absolute Gasteiger partial charge is 0.377 e. The molecule has 0 aromatic carbocycles. The van der Waals surface area contributed by atoms with Gasteiger partial charge in [0, 0.05) is 12.8 Å². The Kier molecular flexibility index (Phi) is 23.3. The Hall–Kier alpha value is -2.19. The molecular formula is C25H41NO13. The van der Waals surface area contributed by atoms with Gasteiger partial charge in [-0.3, -0.25) is 9.59 Å². The van der Waals surface area contributed by atoms with E-state index in [0.29, 0.717) is 104 Å². The van der Waals surface area contributed by atoms with Gasteiger partial charge in [0.15, 0.2) is 0 Å². The Bertz CT molecular complexity index is 669. The summed E-state index contributed by atoms with van der Waals surface area (Å²) in [5.74, 6) is 0.496. The molecule has 14 heteroatoms. The summed E-state index contributed by atoms with van der Waals surface area (Å²) in [6, 6.07) is 0. The van der Waals surface area contributed by atoms with Crippen molar-refractivity contribution >= 4 is 17.8 Å². The molecule has 0 radical (unpaired) electrons. The first-order chi connectivity index (χ1) is 19.1. The molecule has 0 aromatic rings. The summed E-state index contributed by atoms with van der Waals surface area (Å²) in [6.07, 6.45) is 5.15. The van der Waals surface area contributed by atoms with Crippen LogP contribution in [-0.2, 0) is 61.9 Å². The predicted octanol–water partition coefficient (Wildman–Crippen LogP) is -0.624. The first kappa shape index (κ1) is 34.8. The third-order valence-corrected chi connectivity index (χ3v) is 4.58. The molecule has 1 fully saturated rings. The Morgan fingerprint density at radius 2 is 0.872 bits per heavy atom. The first-order valence-corrected chi connectivity index (χ1v) is 12.8. The van der Waals surface area contributed by atoms with E-state index in [1.165, 1.54) is 0 Å². The highest BCUT2D eigenvalue weighted by Crippen LogP contribution is 2.11. The molecule has 39 heavy (non-hydrogen) atoms. The van der Waals surface area contributed by atoms with Crippen molar-refractivity contribution in [1.82, 2.24) is 5.06 Å². The molecule has 1 rings (SSSR count). The lowest BCUT2D eigenvalue weighted by molar-refractivity contribution is -0.200. The van der Waals surface area contributed by atoms with Crippen LogP contribution in [0, 0.1) is 12.3 Å². The molecule has 0 atom stereocenters. The van der Waals surface area contributed by atoms with E-state index in [1.54, 1.807) is 0 Å². The lowest BCUT2D eigenvalue weighted by atomic mass is 10.4. The van der Waals surface area contributed by atoms with Crippen LogP contribution >= 0.6 is 0 Å². The summed E-state index contributed by atoms with van der Waals surface area (Å²) < 4.78 is 47.8. The molecule has 0 aromatic heterocycles. The molecule has 0 spiro atoms. The van der Waals surface area contributed by atoms with E-state index < -0.39 is 17.8 Å². The number of hydrogen-bond acceptors (Lipinski definition) is 13. The Morgan fingerprint density at radius 3 is 1.21 bits per heavy atom. The van der Waals surface area contributed by atoms with Gasteiger partial charge < -0.3 is 47.5 Å². The highest BCUT2D eigenvalue weighted by atomic mass is 16.7. The van der Waals surface area contributed by atoms with Crippen LogP contribution in [0.3, 0.4) is 0 Å². The average molecular weight is 564 g/mol. The number of ether oxygens (including phenoxy) is 9. The number of hydroxylamine groups is 2. The van der Waals surface area contributed by atoms with Gasteiger partial charge in [0.25, 0.3) is 11.8 Å². The number of terminal acetylenes is 1. The third kappa shape index (κ3) is 21.3. The molecule has 0 unspecified atom stereocenters. The maximum Gasteiger partial charge on any atom is 0.358 e. The van der Waals surface area contributed by atoms with E-state index in [9.17, 15) is 14.4 Å². The van der Waals surface area contributed by atoms with Crippen molar-refractivity contribution < 1.29 is 61.9 Å². The van der Waals surface area contributed by atoms with Crippen LogP contribution < -0.4 is 0 Å². The molecule has 224 valence electrons. The van der Waals surface area contributed by atoms with E-state index in [0.717, 1.165) is 0 Å². The van der Waals surface area contributed by atoms with Crippen LogP contribution in [0.4, 0.5) is 0 Å². The fourth-order valence-electron chi connectivity index (χ4n) is 2.73. The van der Waals surface area contributed by atoms with Gasteiger partial charge in [-0.05, 0) is 0 Å². The van der Waals surface area contributed by atoms with Crippen molar-refractivity contribution in [3.8, 4) is 12.3 Å². The summed E-state index contributed by atoms with van der Waals surface area (Å²) in [5, 5.41) is 0.480. The average Bonchev–Trinajstić information content (AvgIpc) is 3.24. The maximum atomic E-state index is 11.5. The second kappa shape index (κ2) is 26.1. The second-order valence-electron chi connectivity index (χ2n) is 7.64. The number of nitrogens with zero attached hydrogens (tertiary/aromatic N) is 1. The highest BCUT2D eigenvalue weighted by molar-refractivity contribution is 6.01. The summed E-state index contributed by atoms with van der Waals surface area (Å²) in [7, 11) is 0. The molecule has 1 aliphatic heterocycles. The molecular weight excluding hydrogens is 522 g/mol. The lowest BCUT2D eigenvalue weighted by Crippen LogP contribution is -2.33. The number of carbonyl (C=O) groups excluding carboxylic acids is 3. The molecule has 14 nitrogen and oxygen atoms in total. The highest BCUT2D eigenvalue weighted by Gasteiger charge is 2.32. The van der Waals surface area contributed by atoms with Crippen molar-refractivity contribution in [2.75, 3.05) is 119 Å². The van der Waals surface area contributed by atoms with Gasteiger partial charge in [-0.25, -0.2) is 4.79 Å². The number of amides is 2. The van der Waals surface area contributed by atoms with Gasteiger partial charge in [0.2, 0.25) is 0 Å². The summed E-state index contributed by atoms with van der Waals surface area (Å²) in [5.41, 5.74) is 0. The SMILES string of the molecule is C#CCOCCOCCOCCOCCOCCOCCOCCOCCOCC(=O)ON1C(=O)CCC1=O. The van der Waals surface area contributed by atoms with Crippen molar-refractivity contribution in [3.05, 3.63) is 0 Å². The fraction of sp³-hybridized carbons (Fsp3) is 0.800. The van der Waals surface area contributed by atoms with Gasteiger partial charge in [-0.2, -0.15) is 0 Å². The van der Waals surface area contributed by atoms with E-state index in [1.807, 2.05) is 0 Å². The quantitative estimate of drug-likeness (QED) is 0.0677. The summed E-state index contributed by atoms with van der Waals surface area (Å²) in [6.45, 7) is 6.71. The van der Waals surface area contributed by atoms with Crippen LogP contribution in [-0.4, -0.2) is 142 Å². The fourth-order valence-corrected chi connectivity index (χ4v) is 2.73. The van der Waals surface area contributed by atoms with Crippen LogP contribution in [0.15, 0.2) is 0 Å². The molecule has 2 amide bonds. The zero-order chi connectivity index (χ0) is 28.2. The van der Waals surface area contributed by atoms with Crippen molar-refractivity contribution in [2.45, 2.75) is 12.8 Å². The van der Waals surface area contributed by atoms with E-state index in [4.69, 9.17) is 49.1 Å². The van der Waals surface area contributed by atoms with Crippen LogP contribution in [0.1, 0.15) is 12.8 Å². The number of hydrogen-bond donors (Lipinski definition) is 0. The van der Waals surface area contributed by atoms with E-state index >= 15 is 0 Å². The summed E-state index contributed by atoms with van der Waals surface area (Å²) in [4.78, 5) is 38.9. The van der Waals surface area contributed by atoms with E-state index in [-0.39, 0.29) is 32.7 Å². The topological polar surface area (TPSA) is 147 Å². The monoisotopic (exact) mass is 563 g/mol. The van der Waals surface area contributed by atoms with Gasteiger partial charge in [-0.1, -0.05) is 5.92 Å². The van der Waals surface area contributed by atoms with Crippen LogP contribution in [0.5, 0.6) is 0 Å². The zero-order valence-electron chi connectivity index (χ0n) is 22.5. The normalized spacial score (nSPS) is 13.3. The van der Waals surface area contributed by atoms with Crippen LogP contribution in [0.25, 0.3) is 0 Å². The molecule has 0 N–H and O–H groups in total. The minimum absolute atomic E-state index is 0.0439. The standard InChI is InChI=1S/C25H41NO13/c1-2-5-30-6-7-31-8-9-32-10-11-33-12-13-34-14-15-35-16-17-36-18-19-37-20-21-38-22-25(29)39-26-23(27)3-4-24(26)28/h1H,3-22H2. The smallest absolute Gasteiger partial charge is 0.358 e. The second-order valence-corrected chi connectivity index (χ2v) is 7.64. The molecule has 1 heterocycles. The molecule has 1 saturated heterocycles. The molecule has 1 aliphatic rings. The number of rotatable bonds is 28. The molecule has 0 saturated carbocycles. The van der Waals surface area contributed by atoms with Crippen molar-refractivity contribution in [1.29, 1.82) is 0 Å². The van der Waals surface area contributed by atoms with Gasteiger partial charge in [0.05, 0.1) is 106 Å². The first-order valence-electron chi connectivity index (χ1n) is 12.8. The Morgan fingerprint density at radius 1 is 0.564 bits per heavy atom. The van der Waals surface area contributed by atoms with Gasteiger partial charge >= 0.3 is 5.97 Å². The maximum absolute atomic E-state index is 11.5. The van der Waals surface area contributed by atoms with Gasteiger partial charge in [-0.15, -0.1) is 11.5 Å². The molecule has 0 bridgehead atoms. The van der Waals surface area contributed by atoms with E-state index in [2.05, 4.69) is 10.8 Å². The number of carbonyl (C=O) groups is 3. The van der Waals surface area contributed by atoms with Crippen molar-refractivity contribution in [2.24, 2.45) is 0 Å². The van der Waals surface area contributed by atoms with Crippen LogP contribution in [0.2, 0.25) is 0 Å².